The van der Waals surface area contributed by atoms with E-state index in [-0.39, 0.29) is 11.9 Å². The monoisotopic (exact) mass is 203 g/mol. The third-order valence-corrected chi connectivity index (χ3v) is 3.56. The second-order valence-electron chi connectivity index (χ2n) is 4.37. The molecule has 0 saturated carbocycles. The van der Waals surface area contributed by atoms with Gasteiger partial charge in [-0.3, -0.25) is 4.79 Å². The molecule has 2 atom stereocenters. The molecule has 78 valence electrons. The van der Waals surface area contributed by atoms with Gasteiger partial charge in [0.1, 0.15) is 5.60 Å². The average Bonchev–Trinajstić information content (AvgIpc) is 2.56. The van der Waals surface area contributed by atoms with Crippen LogP contribution in [0.5, 0.6) is 0 Å². The van der Waals surface area contributed by atoms with Crippen LogP contribution in [0.15, 0.2) is 30.3 Å². The van der Waals surface area contributed by atoms with Crippen LogP contribution in [0.3, 0.4) is 0 Å². The van der Waals surface area contributed by atoms with Crippen molar-refractivity contribution in [2.24, 2.45) is 0 Å². The lowest BCUT2D eigenvalue weighted by atomic mass is 9.78. The SMILES string of the molecule is O=C1CCC2N1CC2(O)c1ccccc1. The molecule has 0 bridgehead atoms. The molecule has 1 aromatic carbocycles. The highest BCUT2D eigenvalue weighted by molar-refractivity contribution is 5.80. The normalized spacial score (nSPS) is 33.8. The van der Waals surface area contributed by atoms with E-state index in [1.807, 2.05) is 30.3 Å². The Morgan fingerprint density at radius 3 is 2.73 bits per heavy atom. The van der Waals surface area contributed by atoms with Gasteiger partial charge in [-0.25, -0.2) is 0 Å². The highest BCUT2D eigenvalue weighted by atomic mass is 16.3. The predicted molar refractivity (Wildman–Crippen MR) is 55.1 cm³/mol. The minimum Gasteiger partial charge on any atom is -0.381 e. The molecule has 15 heavy (non-hydrogen) atoms. The van der Waals surface area contributed by atoms with Gasteiger partial charge in [-0.2, -0.15) is 0 Å². The van der Waals surface area contributed by atoms with Crippen molar-refractivity contribution >= 4 is 5.91 Å². The molecule has 2 unspecified atom stereocenters. The number of carbonyl (C=O) groups is 1. The molecule has 1 aromatic rings. The van der Waals surface area contributed by atoms with Gasteiger partial charge in [0, 0.05) is 6.42 Å². The molecular weight excluding hydrogens is 190 g/mol. The number of carbonyl (C=O) groups excluding carboxylic acids is 1. The highest BCUT2D eigenvalue weighted by Crippen LogP contribution is 2.44. The van der Waals surface area contributed by atoms with Crippen molar-refractivity contribution in [2.45, 2.75) is 24.5 Å². The van der Waals surface area contributed by atoms with Crippen LogP contribution in [0.1, 0.15) is 18.4 Å². The zero-order valence-electron chi connectivity index (χ0n) is 8.39. The maximum Gasteiger partial charge on any atom is 0.223 e. The van der Waals surface area contributed by atoms with E-state index >= 15 is 0 Å². The van der Waals surface area contributed by atoms with Crippen LogP contribution in [-0.4, -0.2) is 28.5 Å². The van der Waals surface area contributed by atoms with Crippen LogP contribution in [0.4, 0.5) is 0 Å². The fraction of sp³-hybridized carbons (Fsp3) is 0.417. The first-order valence-corrected chi connectivity index (χ1v) is 5.29. The summed E-state index contributed by atoms with van der Waals surface area (Å²) in [5, 5.41) is 10.5. The van der Waals surface area contributed by atoms with E-state index in [1.165, 1.54) is 0 Å². The molecule has 3 rings (SSSR count). The standard InChI is InChI=1S/C12H13NO2/c14-11-7-6-10-12(15,8-13(10)11)9-4-2-1-3-5-9/h1-5,10,15H,6-8H2. The summed E-state index contributed by atoms with van der Waals surface area (Å²) < 4.78 is 0. The minimum atomic E-state index is -0.798. The van der Waals surface area contributed by atoms with Gasteiger partial charge in [-0.1, -0.05) is 30.3 Å². The van der Waals surface area contributed by atoms with Crippen molar-refractivity contribution in [1.29, 1.82) is 0 Å². The average molecular weight is 203 g/mol. The Labute approximate surface area is 88.3 Å². The lowest BCUT2D eigenvalue weighted by Crippen LogP contribution is -2.65. The Kier molecular flexibility index (Phi) is 1.68. The zero-order valence-corrected chi connectivity index (χ0v) is 8.39. The molecule has 0 radical (unpaired) electrons. The topological polar surface area (TPSA) is 40.5 Å². The van der Waals surface area contributed by atoms with E-state index in [4.69, 9.17) is 0 Å². The molecule has 2 fully saturated rings. The summed E-state index contributed by atoms with van der Waals surface area (Å²) in [6, 6.07) is 9.65. The molecule has 2 heterocycles. The molecule has 2 aliphatic rings. The lowest BCUT2D eigenvalue weighted by Gasteiger charge is -2.51. The smallest absolute Gasteiger partial charge is 0.223 e. The summed E-state index contributed by atoms with van der Waals surface area (Å²) in [5.41, 5.74) is 0.133. The van der Waals surface area contributed by atoms with E-state index in [0.717, 1.165) is 12.0 Å². The van der Waals surface area contributed by atoms with Crippen LogP contribution in [-0.2, 0) is 10.4 Å². The van der Waals surface area contributed by atoms with Crippen LogP contribution in [0.25, 0.3) is 0 Å². The number of hydrogen-bond acceptors (Lipinski definition) is 2. The molecule has 2 aliphatic heterocycles. The maximum absolute atomic E-state index is 11.4. The fourth-order valence-corrected chi connectivity index (χ4v) is 2.69. The van der Waals surface area contributed by atoms with Crippen LogP contribution >= 0.6 is 0 Å². The summed E-state index contributed by atoms with van der Waals surface area (Å²) in [7, 11) is 0. The number of benzene rings is 1. The summed E-state index contributed by atoms with van der Waals surface area (Å²) in [4.78, 5) is 13.2. The fourth-order valence-electron chi connectivity index (χ4n) is 2.69. The van der Waals surface area contributed by atoms with E-state index < -0.39 is 5.60 Å². The third-order valence-electron chi connectivity index (χ3n) is 3.56. The van der Waals surface area contributed by atoms with Gasteiger partial charge in [0.25, 0.3) is 0 Å². The second kappa shape index (κ2) is 2.83. The largest absolute Gasteiger partial charge is 0.381 e. The molecule has 3 nitrogen and oxygen atoms in total. The quantitative estimate of drug-likeness (QED) is 0.736. The van der Waals surface area contributed by atoms with Crippen molar-refractivity contribution in [3.8, 4) is 0 Å². The lowest BCUT2D eigenvalue weighted by molar-refractivity contribution is -0.166. The number of aliphatic hydroxyl groups is 1. The molecule has 1 N–H and O–H groups in total. The molecule has 0 spiro atoms. The minimum absolute atomic E-state index is 0.00685. The van der Waals surface area contributed by atoms with Gasteiger partial charge in [-0.05, 0) is 12.0 Å². The predicted octanol–water partition coefficient (Wildman–Crippen LogP) is 0.879. The Balaban J connectivity index is 1.92. The van der Waals surface area contributed by atoms with E-state index in [1.54, 1.807) is 4.90 Å². The van der Waals surface area contributed by atoms with Gasteiger partial charge in [0.2, 0.25) is 5.91 Å². The van der Waals surface area contributed by atoms with Crippen LogP contribution in [0.2, 0.25) is 0 Å². The van der Waals surface area contributed by atoms with E-state index in [9.17, 15) is 9.90 Å². The Bertz CT molecular complexity index is 403. The van der Waals surface area contributed by atoms with Crippen molar-refractivity contribution in [1.82, 2.24) is 4.90 Å². The zero-order chi connectivity index (χ0) is 10.5. The number of amides is 1. The van der Waals surface area contributed by atoms with Crippen molar-refractivity contribution < 1.29 is 9.90 Å². The third kappa shape index (κ3) is 1.07. The summed E-state index contributed by atoms with van der Waals surface area (Å²) in [6.07, 6.45) is 1.37. The first-order chi connectivity index (χ1) is 7.22. The van der Waals surface area contributed by atoms with Crippen molar-refractivity contribution in [2.75, 3.05) is 6.54 Å². The Morgan fingerprint density at radius 2 is 2.07 bits per heavy atom. The Hall–Kier alpha value is -1.35. The molecule has 0 aliphatic carbocycles. The maximum atomic E-state index is 11.4. The number of hydrogen-bond donors (Lipinski definition) is 1. The van der Waals surface area contributed by atoms with Gasteiger partial charge in [0.15, 0.2) is 0 Å². The molecule has 2 saturated heterocycles. The van der Waals surface area contributed by atoms with Gasteiger partial charge < -0.3 is 10.0 Å². The second-order valence-corrected chi connectivity index (χ2v) is 4.37. The molecule has 1 amide bonds. The summed E-state index contributed by atoms with van der Waals surface area (Å²) in [5.74, 6) is 0.181. The number of rotatable bonds is 1. The molecule has 0 aromatic heterocycles. The number of fused-ring (bicyclic) bond motifs is 1. The summed E-state index contributed by atoms with van der Waals surface area (Å²) >= 11 is 0. The van der Waals surface area contributed by atoms with E-state index in [2.05, 4.69) is 0 Å². The first-order valence-electron chi connectivity index (χ1n) is 5.29. The molecule has 3 heteroatoms. The van der Waals surface area contributed by atoms with Gasteiger partial charge in [-0.15, -0.1) is 0 Å². The van der Waals surface area contributed by atoms with Crippen LogP contribution < -0.4 is 0 Å². The summed E-state index contributed by atoms with van der Waals surface area (Å²) in [6.45, 7) is 0.459. The van der Waals surface area contributed by atoms with Crippen molar-refractivity contribution in [3.05, 3.63) is 35.9 Å². The van der Waals surface area contributed by atoms with Gasteiger partial charge >= 0.3 is 0 Å². The highest BCUT2D eigenvalue weighted by Gasteiger charge is 2.57. The van der Waals surface area contributed by atoms with Crippen molar-refractivity contribution in [3.63, 3.8) is 0 Å². The van der Waals surface area contributed by atoms with E-state index in [0.29, 0.717) is 13.0 Å². The van der Waals surface area contributed by atoms with Crippen LogP contribution in [0, 0.1) is 0 Å². The van der Waals surface area contributed by atoms with Gasteiger partial charge in [0.05, 0.1) is 12.6 Å². The molecular formula is C12H13NO2. The first kappa shape index (κ1) is 8.92. The number of nitrogens with zero attached hydrogens (tertiary/aromatic N) is 1. The Morgan fingerprint density at radius 1 is 1.33 bits per heavy atom.